The Balaban J connectivity index is 1.61. The van der Waals surface area contributed by atoms with Gasteiger partial charge in [0.1, 0.15) is 0 Å². The monoisotopic (exact) mass is 517 g/mol. The first kappa shape index (κ1) is 28.3. The summed E-state index contributed by atoms with van der Waals surface area (Å²) in [5.74, 6) is -2.71. The fourth-order valence-electron chi connectivity index (χ4n) is 2.79. The molecule has 0 aliphatic rings. The number of unbranched alkanes of at least 4 members (excludes halogenated alkanes) is 1. The van der Waals surface area contributed by atoms with Crippen molar-refractivity contribution < 1.29 is 33.4 Å². The van der Waals surface area contributed by atoms with Gasteiger partial charge in [-0.3, -0.25) is 30.0 Å². The van der Waals surface area contributed by atoms with Crippen LogP contribution >= 0.6 is 11.6 Å². The van der Waals surface area contributed by atoms with Gasteiger partial charge in [0.15, 0.2) is 6.61 Å². The molecule has 0 aliphatic heterocycles. The van der Waals surface area contributed by atoms with Gasteiger partial charge in [-0.05, 0) is 49.2 Å². The average molecular weight is 518 g/mol. The Hall–Kier alpha value is -3.92. The molecular formula is C25H28ClN3O7. The summed E-state index contributed by atoms with van der Waals surface area (Å²) < 4.78 is 10.0. The molecule has 0 spiro atoms. The number of hydrazine groups is 1. The van der Waals surface area contributed by atoms with Gasteiger partial charge < -0.3 is 14.8 Å². The summed E-state index contributed by atoms with van der Waals surface area (Å²) in [5, 5.41) is 2.80. The van der Waals surface area contributed by atoms with Crippen molar-refractivity contribution in [3.63, 3.8) is 0 Å². The van der Waals surface area contributed by atoms with Crippen LogP contribution in [0.2, 0.25) is 5.02 Å². The van der Waals surface area contributed by atoms with Crippen LogP contribution in [0.1, 0.15) is 59.7 Å². The lowest BCUT2D eigenvalue weighted by atomic mass is 10.2. The molecule has 192 valence electrons. The number of anilines is 1. The molecule has 2 rings (SSSR count). The minimum absolute atomic E-state index is 0.0443. The average Bonchev–Trinajstić information content (AvgIpc) is 2.87. The van der Waals surface area contributed by atoms with Crippen molar-refractivity contribution in [3.05, 3.63) is 64.7 Å². The van der Waals surface area contributed by atoms with E-state index in [-0.39, 0.29) is 29.8 Å². The lowest BCUT2D eigenvalue weighted by Gasteiger charge is -2.09. The summed E-state index contributed by atoms with van der Waals surface area (Å²) in [5.41, 5.74) is 5.49. The van der Waals surface area contributed by atoms with E-state index in [1.165, 1.54) is 18.2 Å². The molecule has 0 unspecified atom stereocenters. The van der Waals surface area contributed by atoms with E-state index in [1.807, 2.05) is 6.92 Å². The molecule has 0 atom stereocenters. The molecule has 0 saturated heterocycles. The molecule has 3 amide bonds. The molecule has 0 aliphatic carbocycles. The Morgan fingerprint density at radius 1 is 0.833 bits per heavy atom. The topological polar surface area (TPSA) is 140 Å². The van der Waals surface area contributed by atoms with Gasteiger partial charge in [-0.1, -0.05) is 37.1 Å². The van der Waals surface area contributed by atoms with E-state index in [4.69, 9.17) is 21.1 Å². The van der Waals surface area contributed by atoms with Crippen molar-refractivity contribution in [2.45, 2.75) is 39.0 Å². The van der Waals surface area contributed by atoms with Crippen LogP contribution in [-0.4, -0.2) is 42.9 Å². The normalized spacial score (nSPS) is 10.2. The number of ether oxygens (including phenoxy) is 2. The van der Waals surface area contributed by atoms with Crippen LogP contribution < -0.4 is 16.2 Å². The Bertz CT molecular complexity index is 1070. The maximum atomic E-state index is 12.0. The van der Waals surface area contributed by atoms with Gasteiger partial charge in [0.05, 0.1) is 22.8 Å². The SMILES string of the molecule is CCCCOC(=O)c1ccc(NC(=O)COC(=O)CCCC(=O)NNC(=O)c2ccccc2Cl)cc1. The summed E-state index contributed by atoms with van der Waals surface area (Å²) >= 11 is 5.92. The molecule has 0 fully saturated rings. The molecule has 3 N–H and O–H groups in total. The lowest BCUT2D eigenvalue weighted by molar-refractivity contribution is -0.147. The van der Waals surface area contributed by atoms with Crippen LogP contribution in [0.4, 0.5) is 5.69 Å². The number of amides is 3. The van der Waals surface area contributed by atoms with Crippen molar-refractivity contribution in [2.75, 3.05) is 18.5 Å². The first-order chi connectivity index (χ1) is 17.3. The van der Waals surface area contributed by atoms with Gasteiger partial charge >= 0.3 is 11.9 Å². The van der Waals surface area contributed by atoms with Crippen LogP contribution in [-0.2, 0) is 23.9 Å². The van der Waals surface area contributed by atoms with Crippen LogP contribution in [0.5, 0.6) is 0 Å². The van der Waals surface area contributed by atoms with Gasteiger partial charge in [0.25, 0.3) is 11.8 Å². The van der Waals surface area contributed by atoms with E-state index >= 15 is 0 Å². The molecular weight excluding hydrogens is 490 g/mol. The number of carbonyl (C=O) groups is 5. The maximum absolute atomic E-state index is 12.0. The predicted octanol–water partition coefficient (Wildman–Crippen LogP) is 3.41. The zero-order chi connectivity index (χ0) is 26.3. The van der Waals surface area contributed by atoms with Crippen molar-refractivity contribution >= 4 is 46.9 Å². The highest BCUT2D eigenvalue weighted by atomic mass is 35.5. The Morgan fingerprint density at radius 2 is 1.56 bits per heavy atom. The highest BCUT2D eigenvalue weighted by Crippen LogP contribution is 2.14. The highest BCUT2D eigenvalue weighted by Gasteiger charge is 2.13. The van der Waals surface area contributed by atoms with Crippen molar-refractivity contribution in [1.82, 2.24) is 10.9 Å². The minimum Gasteiger partial charge on any atom is -0.462 e. The van der Waals surface area contributed by atoms with E-state index < -0.39 is 36.3 Å². The number of benzene rings is 2. The summed E-state index contributed by atoms with van der Waals surface area (Å²) in [7, 11) is 0. The highest BCUT2D eigenvalue weighted by molar-refractivity contribution is 6.33. The second kappa shape index (κ2) is 15.2. The quantitative estimate of drug-likeness (QED) is 0.222. The molecule has 11 heteroatoms. The van der Waals surface area contributed by atoms with Crippen LogP contribution in [0, 0.1) is 0 Å². The standard InChI is InChI=1S/C25H28ClN3O7/c1-2-3-15-35-25(34)17-11-13-18(14-12-17)27-22(31)16-36-23(32)10-6-9-21(30)28-29-24(33)19-7-4-5-8-20(19)26/h4-5,7-8,11-14H,2-3,6,9-10,15-16H2,1H3,(H,27,31)(H,28,30)(H,29,33). The zero-order valence-corrected chi connectivity index (χ0v) is 20.6. The first-order valence-corrected chi connectivity index (χ1v) is 11.7. The van der Waals surface area contributed by atoms with E-state index in [2.05, 4.69) is 16.2 Å². The maximum Gasteiger partial charge on any atom is 0.338 e. The molecule has 0 bridgehead atoms. The van der Waals surface area contributed by atoms with Crippen LogP contribution in [0.15, 0.2) is 48.5 Å². The first-order valence-electron chi connectivity index (χ1n) is 11.4. The van der Waals surface area contributed by atoms with E-state index in [0.717, 1.165) is 12.8 Å². The molecule has 0 radical (unpaired) electrons. The van der Waals surface area contributed by atoms with E-state index in [9.17, 15) is 24.0 Å². The number of rotatable bonds is 12. The van der Waals surface area contributed by atoms with Gasteiger partial charge in [-0.15, -0.1) is 0 Å². The number of hydrogen-bond donors (Lipinski definition) is 3. The van der Waals surface area contributed by atoms with Crippen molar-refractivity contribution in [3.8, 4) is 0 Å². The number of hydrogen-bond acceptors (Lipinski definition) is 7. The Morgan fingerprint density at radius 3 is 2.25 bits per heavy atom. The molecule has 0 aromatic heterocycles. The zero-order valence-electron chi connectivity index (χ0n) is 19.8. The van der Waals surface area contributed by atoms with Gasteiger partial charge in [-0.25, -0.2) is 4.79 Å². The van der Waals surface area contributed by atoms with Gasteiger partial charge in [0, 0.05) is 18.5 Å². The summed E-state index contributed by atoms with van der Waals surface area (Å²) in [6.07, 6.45) is 1.73. The second-order valence-corrected chi connectivity index (χ2v) is 8.02. The third-order valence-corrected chi connectivity index (χ3v) is 5.05. The minimum atomic E-state index is -0.650. The number of halogens is 1. The molecule has 36 heavy (non-hydrogen) atoms. The van der Waals surface area contributed by atoms with Crippen molar-refractivity contribution in [1.29, 1.82) is 0 Å². The lowest BCUT2D eigenvalue weighted by Crippen LogP contribution is -2.41. The third-order valence-electron chi connectivity index (χ3n) is 4.72. The molecule has 2 aromatic rings. The smallest absolute Gasteiger partial charge is 0.338 e. The number of nitrogens with one attached hydrogen (secondary N) is 3. The Kier molecular flexibility index (Phi) is 11.9. The molecule has 0 heterocycles. The van der Waals surface area contributed by atoms with E-state index in [0.29, 0.717) is 17.9 Å². The van der Waals surface area contributed by atoms with E-state index in [1.54, 1.807) is 30.3 Å². The van der Waals surface area contributed by atoms with Crippen LogP contribution in [0.3, 0.4) is 0 Å². The Labute approximate surface area is 213 Å². The fourth-order valence-corrected chi connectivity index (χ4v) is 3.01. The summed E-state index contributed by atoms with van der Waals surface area (Å²) in [6.45, 7) is 1.85. The number of esters is 2. The predicted molar refractivity (Wildman–Crippen MR) is 132 cm³/mol. The van der Waals surface area contributed by atoms with Gasteiger partial charge in [0.2, 0.25) is 5.91 Å². The van der Waals surface area contributed by atoms with Crippen molar-refractivity contribution in [2.24, 2.45) is 0 Å². The fraction of sp³-hybridized carbons (Fsp3) is 0.320. The third kappa shape index (κ3) is 10.1. The molecule has 10 nitrogen and oxygen atoms in total. The molecule has 0 saturated carbocycles. The number of carbonyl (C=O) groups excluding carboxylic acids is 5. The molecule has 2 aromatic carbocycles. The second-order valence-electron chi connectivity index (χ2n) is 7.61. The summed E-state index contributed by atoms with van der Waals surface area (Å²) in [4.78, 5) is 59.5. The van der Waals surface area contributed by atoms with Crippen LogP contribution in [0.25, 0.3) is 0 Å². The largest absolute Gasteiger partial charge is 0.462 e. The summed E-state index contributed by atoms with van der Waals surface area (Å²) in [6, 6.07) is 12.5. The van der Waals surface area contributed by atoms with Gasteiger partial charge in [-0.2, -0.15) is 0 Å².